The summed E-state index contributed by atoms with van der Waals surface area (Å²) in [7, 11) is 1.57. The second-order valence-corrected chi connectivity index (χ2v) is 6.56. The van der Waals surface area contributed by atoms with Crippen molar-refractivity contribution in [1.29, 1.82) is 0 Å². The Balaban J connectivity index is 1.91. The zero-order chi connectivity index (χ0) is 19.1. The SMILES string of the molecule is COc1ccc(C(=O)CCC(=O)NC(CC(C)C)c2nnc(C)o2)cc1. The molecule has 0 saturated carbocycles. The molecule has 2 aromatic rings. The van der Waals surface area contributed by atoms with Crippen LogP contribution in [0.4, 0.5) is 0 Å². The van der Waals surface area contributed by atoms with Crippen LogP contribution in [0, 0.1) is 12.8 Å². The first-order chi connectivity index (χ1) is 12.4. The van der Waals surface area contributed by atoms with E-state index in [0.717, 1.165) is 0 Å². The Morgan fingerprint density at radius 1 is 1.15 bits per heavy atom. The number of aromatic nitrogens is 2. The fraction of sp³-hybridized carbons (Fsp3) is 0.474. The molecule has 0 spiro atoms. The number of nitrogens with zero attached hydrogens (tertiary/aromatic N) is 2. The summed E-state index contributed by atoms with van der Waals surface area (Å²) in [5.41, 5.74) is 0.560. The van der Waals surface area contributed by atoms with Gasteiger partial charge in [0.05, 0.1) is 7.11 Å². The molecule has 0 aliphatic rings. The Bertz CT molecular complexity index is 737. The zero-order valence-electron chi connectivity index (χ0n) is 15.6. The summed E-state index contributed by atoms with van der Waals surface area (Å²) >= 11 is 0. The van der Waals surface area contributed by atoms with Crippen molar-refractivity contribution in [2.24, 2.45) is 5.92 Å². The number of carbonyl (C=O) groups is 2. The van der Waals surface area contributed by atoms with Gasteiger partial charge in [-0.1, -0.05) is 13.8 Å². The van der Waals surface area contributed by atoms with Crippen molar-refractivity contribution in [2.75, 3.05) is 7.11 Å². The van der Waals surface area contributed by atoms with Gasteiger partial charge in [-0.3, -0.25) is 9.59 Å². The number of nitrogens with one attached hydrogen (secondary N) is 1. The molecule has 1 aromatic heterocycles. The van der Waals surface area contributed by atoms with Crippen molar-refractivity contribution >= 4 is 11.7 Å². The number of rotatable bonds is 9. The minimum absolute atomic E-state index is 0.0863. The number of ketones is 1. The lowest BCUT2D eigenvalue weighted by atomic mass is 10.0. The highest BCUT2D eigenvalue weighted by molar-refractivity contribution is 5.98. The Kier molecular flexibility index (Phi) is 6.89. The normalized spacial score (nSPS) is 12.0. The predicted molar refractivity (Wildman–Crippen MR) is 95.9 cm³/mol. The van der Waals surface area contributed by atoms with Crippen LogP contribution >= 0.6 is 0 Å². The van der Waals surface area contributed by atoms with E-state index in [4.69, 9.17) is 9.15 Å². The second kappa shape index (κ2) is 9.12. The molecule has 7 nitrogen and oxygen atoms in total. The standard InChI is InChI=1S/C19H25N3O4/c1-12(2)11-16(19-22-21-13(3)26-19)20-18(24)10-9-17(23)14-5-7-15(25-4)8-6-14/h5-8,12,16H,9-11H2,1-4H3,(H,20,24). The van der Waals surface area contributed by atoms with E-state index in [1.807, 2.05) is 0 Å². The molecule has 0 aliphatic carbocycles. The monoisotopic (exact) mass is 359 g/mol. The zero-order valence-corrected chi connectivity index (χ0v) is 15.6. The molecule has 140 valence electrons. The largest absolute Gasteiger partial charge is 0.497 e. The molecule has 2 rings (SSSR count). The lowest BCUT2D eigenvalue weighted by Crippen LogP contribution is -2.30. The summed E-state index contributed by atoms with van der Waals surface area (Å²) < 4.78 is 10.5. The van der Waals surface area contributed by atoms with Crippen molar-refractivity contribution in [3.05, 3.63) is 41.6 Å². The van der Waals surface area contributed by atoms with Crippen LogP contribution in [0.5, 0.6) is 5.75 Å². The van der Waals surface area contributed by atoms with Crippen LogP contribution in [0.1, 0.15) is 61.3 Å². The van der Waals surface area contributed by atoms with Crippen molar-refractivity contribution in [1.82, 2.24) is 15.5 Å². The first kappa shape index (κ1) is 19.6. The molecule has 7 heteroatoms. The number of carbonyl (C=O) groups excluding carboxylic acids is 2. The number of hydrogen-bond acceptors (Lipinski definition) is 6. The first-order valence-corrected chi connectivity index (χ1v) is 8.65. The summed E-state index contributed by atoms with van der Waals surface area (Å²) in [6.07, 6.45) is 0.918. The molecule has 0 bridgehead atoms. The molecule has 1 aromatic carbocycles. The molecule has 1 amide bonds. The van der Waals surface area contributed by atoms with Crippen LogP contribution in [-0.4, -0.2) is 29.0 Å². The highest BCUT2D eigenvalue weighted by Crippen LogP contribution is 2.20. The number of methoxy groups -OCH3 is 1. The topological polar surface area (TPSA) is 94.3 Å². The number of aryl methyl sites for hydroxylation is 1. The maximum absolute atomic E-state index is 12.3. The summed E-state index contributed by atoms with van der Waals surface area (Å²) in [6.45, 7) is 5.81. The summed E-state index contributed by atoms with van der Waals surface area (Å²) in [6, 6.07) is 6.50. The van der Waals surface area contributed by atoms with Crippen molar-refractivity contribution in [3.8, 4) is 5.75 Å². The lowest BCUT2D eigenvalue weighted by molar-refractivity contribution is -0.122. The van der Waals surface area contributed by atoms with E-state index in [0.29, 0.717) is 35.4 Å². The van der Waals surface area contributed by atoms with Gasteiger partial charge in [-0.05, 0) is 36.6 Å². The summed E-state index contributed by atoms with van der Waals surface area (Å²) in [4.78, 5) is 24.5. The van der Waals surface area contributed by atoms with Crippen molar-refractivity contribution in [3.63, 3.8) is 0 Å². The van der Waals surface area contributed by atoms with Gasteiger partial charge in [-0.15, -0.1) is 10.2 Å². The van der Waals surface area contributed by atoms with E-state index in [-0.39, 0.29) is 30.6 Å². The third-order valence-corrected chi connectivity index (χ3v) is 3.87. The number of hydrogen-bond donors (Lipinski definition) is 1. The smallest absolute Gasteiger partial charge is 0.238 e. The fourth-order valence-electron chi connectivity index (χ4n) is 2.56. The van der Waals surface area contributed by atoms with E-state index in [1.165, 1.54) is 0 Å². The second-order valence-electron chi connectivity index (χ2n) is 6.56. The maximum atomic E-state index is 12.3. The molecule has 0 fully saturated rings. The first-order valence-electron chi connectivity index (χ1n) is 8.65. The molecule has 0 radical (unpaired) electrons. The minimum Gasteiger partial charge on any atom is -0.497 e. The predicted octanol–water partition coefficient (Wildman–Crippen LogP) is 3.25. The van der Waals surface area contributed by atoms with Gasteiger partial charge in [0, 0.05) is 25.3 Å². The van der Waals surface area contributed by atoms with Crippen LogP contribution in [0.2, 0.25) is 0 Å². The Labute approximate surface area is 153 Å². The van der Waals surface area contributed by atoms with E-state index >= 15 is 0 Å². The summed E-state index contributed by atoms with van der Waals surface area (Å²) in [5.74, 6) is 1.58. The van der Waals surface area contributed by atoms with E-state index < -0.39 is 0 Å². The molecule has 0 aliphatic heterocycles. The number of amides is 1. The third-order valence-electron chi connectivity index (χ3n) is 3.87. The molecule has 1 N–H and O–H groups in total. The van der Waals surface area contributed by atoms with Gasteiger partial charge in [0.25, 0.3) is 0 Å². The Hall–Kier alpha value is -2.70. The van der Waals surface area contributed by atoms with Gasteiger partial charge in [0.15, 0.2) is 5.78 Å². The fourth-order valence-corrected chi connectivity index (χ4v) is 2.56. The molecular formula is C19H25N3O4. The van der Waals surface area contributed by atoms with Gasteiger partial charge in [-0.25, -0.2) is 0 Å². The van der Waals surface area contributed by atoms with Gasteiger partial charge in [0.1, 0.15) is 11.8 Å². The molecular weight excluding hydrogens is 334 g/mol. The minimum atomic E-state index is -0.347. The molecule has 26 heavy (non-hydrogen) atoms. The van der Waals surface area contributed by atoms with Gasteiger partial charge in [0.2, 0.25) is 17.7 Å². The van der Waals surface area contributed by atoms with Crippen molar-refractivity contribution < 1.29 is 18.7 Å². The number of Topliss-reactive ketones (excluding diaryl/α,β-unsaturated/α-hetero) is 1. The van der Waals surface area contributed by atoms with Gasteiger partial charge >= 0.3 is 0 Å². The van der Waals surface area contributed by atoms with E-state index in [9.17, 15) is 9.59 Å². The van der Waals surface area contributed by atoms with Crippen LogP contribution in [-0.2, 0) is 4.79 Å². The number of ether oxygens (including phenoxy) is 1. The van der Waals surface area contributed by atoms with Crippen LogP contribution in [0.15, 0.2) is 28.7 Å². The lowest BCUT2D eigenvalue weighted by Gasteiger charge is -2.17. The van der Waals surface area contributed by atoms with Crippen LogP contribution in [0.3, 0.4) is 0 Å². The van der Waals surface area contributed by atoms with Crippen LogP contribution in [0.25, 0.3) is 0 Å². The highest BCUT2D eigenvalue weighted by atomic mass is 16.5. The van der Waals surface area contributed by atoms with Crippen LogP contribution < -0.4 is 10.1 Å². The Morgan fingerprint density at radius 2 is 1.85 bits per heavy atom. The molecule has 1 heterocycles. The summed E-state index contributed by atoms with van der Waals surface area (Å²) in [5, 5.41) is 10.7. The maximum Gasteiger partial charge on any atom is 0.238 e. The number of benzene rings is 1. The average Bonchev–Trinajstić information content (AvgIpc) is 3.05. The third kappa shape index (κ3) is 5.68. The van der Waals surface area contributed by atoms with Gasteiger partial charge < -0.3 is 14.5 Å². The highest BCUT2D eigenvalue weighted by Gasteiger charge is 2.22. The molecule has 0 saturated heterocycles. The van der Waals surface area contributed by atoms with E-state index in [1.54, 1.807) is 38.3 Å². The molecule has 1 atom stereocenters. The average molecular weight is 359 g/mol. The van der Waals surface area contributed by atoms with E-state index in [2.05, 4.69) is 29.4 Å². The van der Waals surface area contributed by atoms with Gasteiger partial charge in [-0.2, -0.15) is 0 Å². The Morgan fingerprint density at radius 3 is 2.38 bits per heavy atom. The van der Waals surface area contributed by atoms with Crippen molar-refractivity contribution in [2.45, 2.75) is 46.1 Å². The quantitative estimate of drug-likeness (QED) is 0.691. The molecule has 1 unspecified atom stereocenters.